The average molecular weight is 217 g/mol. The van der Waals surface area contributed by atoms with Crippen LogP contribution in [0.4, 0.5) is 0 Å². The van der Waals surface area contributed by atoms with Crippen LogP contribution in [-0.2, 0) is 14.4 Å². The molecule has 0 saturated carbocycles. The van der Waals surface area contributed by atoms with Crippen molar-refractivity contribution in [3.8, 4) is 0 Å². The number of carboxylic acids is 1. The van der Waals surface area contributed by atoms with Crippen LogP contribution in [0.25, 0.3) is 0 Å². The first kappa shape index (κ1) is 13.5. The minimum Gasteiger partial charge on any atom is -0.481 e. The van der Waals surface area contributed by atoms with Crippen LogP contribution in [0, 0.1) is 5.92 Å². The van der Waals surface area contributed by atoms with Crippen molar-refractivity contribution in [1.29, 1.82) is 0 Å². The predicted molar refractivity (Wildman–Crippen MR) is 51.9 cm³/mol. The minimum absolute atomic E-state index is 0.0622. The molecule has 0 saturated heterocycles. The van der Waals surface area contributed by atoms with Gasteiger partial charge >= 0.3 is 5.97 Å². The number of Topliss-reactive ketones (excluding diaryl/α,β-unsaturated/α-hetero) is 1. The second-order valence-corrected chi connectivity index (χ2v) is 2.92. The summed E-state index contributed by atoms with van der Waals surface area (Å²) in [4.78, 5) is 32.6. The molecule has 0 aromatic carbocycles. The molecule has 0 aliphatic rings. The van der Waals surface area contributed by atoms with Gasteiger partial charge in [0, 0.05) is 0 Å². The van der Waals surface area contributed by atoms with Gasteiger partial charge in [0.1, 0.15) is 5.92 Å². The Kier molecular flexibility index (Phi) is 6.23. The predicted octanol–water partition coefficient (Wildman–Crippen LogP) is -2.32. The fourth-order valence-electron chi connectivity index (χ4n) is 0.970. The third-order valence-electron chi connectivity index (χ3n) is 1.79. The standard InChI is InChI=1S/C8H15N3O4/c9-2-1-5(8(14)15)6(12)4-11-7(13)3-10/h5H,1-4,9-10H2,(H,11,13)(H,14,15). The summed E-state index contributed by atoms with van der Waals surface area (Å²) >= 11 is 0. The molecule has 0 radical (unpaired) electrons. The van der Waals surface area contributed by atoms with Gasteiger partial charge in [-0.1, -0.05) is 0 Å². The molecule has 0 heterocycles. The zero-order valence-corrected chi connectivity index (χ0v) is 8.23. The molecule has 1 atom stereocenters. The van der Waals surface area contributed by atoms with Gasteiger partial charge in [0.15, 0.2) is 5.78 Å². The number of nitrogens with one attached hydrogen (secondary N) is 1. The first-order valence-electron chi connectivity index (χ1n) is 4.45. The zero-order valence-electron chi connectivity index (χ0n) is 8.23. The summed E-state index contributed by atoms with van der Waals surface area (Å²) in [5.74, 6) is -3.46. The number of ketones is 1. The quantitative estimate of drug-likeness (QED) is 0.353. The molecule has 86 valence electrons. The molecule has 0 rings (SSSR count). The number of hydrogen-bond donors (Lipinski definition) is 4. The van der Waals surface area contributed by atoms with E-state index >= 15 is 0 Å². The van der Waals surface area contributed by atoms with Crippen LogP contribution in [0.2, 0.25) is 0 Å². The van der Waals surface area contributed by atoms with Gasteiger partial charge in [0.25, 0.3) is 0 Å². The van der Waals surface area contributed by atoms with Crippen molar-refractivity contribution in [3.05, 3.63) is 0 Å². The van der Waals surface area contributed by atoms with Crippen molar-refractivity contribution < 1.29 is 19.5 Å². The van der Waals surface area contributed by atoms with E-state index in [1.165, 1.54) is 0 Å². The van der Waals surface area contributed by atoms with E-state index in [4.69, 9.17) is 16.6 Å². The van der Waals surface area contributed by atoms with Crippen LogP contribution in [0.5, 0.6) is 0 Å². The SMILES string of the molecule is NCCC(C(=O)O)C(=O)CNC(=O)CN. The second kappa shape index (κ2) is 6.91. The molecule has 1 unspecified atom stereocenters. The Balaban J connectivity index is 4.14. The normalized spacial score (nSPS) is 11.9. The van der Waals surface area contributed by atoms with E-state index in [0.717, 1.165) is 0 Å². The average Bonchev–Trinajstić information content (AvgIpc) is 2.21. The first-order chi connectivity index (χ1) is 7.02. The largest absolute Gasteiger partial charge is 0.481 e. The number of carboxylic acid groups (broad SMARTS) is 1. The smallest absolute Gasteiger partial charge is 0.314 e. The van der Waals surface area contributed by atoms with E-state index < -0.39 is 23.6 Å². The van der Waals surface area contributed by atoms with Gasteiger partial charge in [-0.15, -0.1) is 0 Å². The third-order valence-corrected chi connectivity index (χ3v) is 1.79. The summed E-state index contributed by atoms with van der Waals surface area (Å²) in [5.41, 5.74) is 10.2. The Morgan fingerprint density at radius 3 is 2.27 bits per heavy atom. The summed E-state index contributed by atoms with van der Waals surface area (Å²) in [6.07, 6.45) is 0.0622. The van der Waals surface area contributed by atoms with Crippen molar-refractivity contribution in [1.82, 2.24) is 5.32 Å². The Bertz CT molecular complexity index is 254. The van der Waals surface area contributed by atoms with Crippen molar-refractivity contribution in [3.63, 3.8) is 0 Å². The molecule has 1 amide bonds. The van der Waals surface area contributed by atoms with Gasteiger partial charge in [-0.25, -0.2) is 0 Å². The van der Waals surface area contributed by atoms with Crippen molar-refractivity contribution in [2.75, 3.05) is 19.6 Å². The van der Waals surface area contributed by atoms with Gasteiger partial charge in [0.05, 0.1) is 13.1 Å². The van der Waals surface area contributed by atoms with Crippen LogP contribution in [0.15, 0.2) is 0 Å². The molecule has 0 fully saturated rings. The Morgan fingerprint density at radius 1 is 1.27 bits per heavy atom. The third kappa shape index (κ3) is 5.08. The maximum absolute atomic E-state index is 11.3. The lowest BCUT2D eigenvalue weighted by molar-refractivity contribution is -0.146. The molecular weight excluding hydrogens is 202 g/mol. The van der Waals surface area contributed by atoms with E-state index in [-0.39, 0.29) is 26.1 Å². The lowest BCUT2D eigenvalue weighted by Crippen LogP contribution is -2.39. The van der Waals surface area contributed by atoms with E-state index in [1.807, 2.05) is 0 Å². The van der Waals surface area contributed by atoms with Crippen molar-refractivity contribution in [2.24, 2.45) is 17.4 Å². The maximum atomic E-state index is 11.3. The zero-order chi connectivity index (χ0) is 11.8. The van der Waals surface area contributed by atoms with Crippen LogP contribution < -0.4 is 16.8 Å². The summed E-state index contributed by atoms with van der Waals surface area (Å²) in [6.45, 7) is -0.456. The molecule has 0 aromatic rings. The number of rotatable bonds is 7. The number of carbonyl (C=O) groups excluding carboxylic acids is 2. The van der Waals surface area contributed by atoms with E-state index in [2.05, 4.69) is 5.32 Å². The first-order valence-corrected chi connectivity index (χ1v) is 4.45. The minimum atomic E-state index is -1.23. The molecule has 6 N–H and O–H groups in total. The number of aliphatic carboxylic acids is 1. The lowest BCUT2D eigenvalue weighted by atomic mass is 10.0. The van der Waals surface area contributed by atoms with E-state index in [1.54, 1.807) is 0 Å². The topological polar surface area (TPSA) is 136 Å². The fourth-order valence-corrected chi connectivity index (χ4v) is 0.970. The van der Waals surface area contributed by atoms with Gasteiger partial charge < -0.3 is 21.9 Å². The maximum Gasteiger partial charge on any atom is 0.314 e. The second-order valence-electron chi connectivity index (χ2n) is 2.92. The monoisotopic (exact) mass is 217 g/mol. The Labute approximate surface area is 86.8 Å². The van der Waals surface area contributed by atoms with E-state index in [9.17, 15) is 14.4 Å². The lowest BCUT2D eigenvalue weighted by Gasteiger charge is -2.10. The molecule has 7 nitrogen and oxygen atoms in total. The molecule has 0 bridgehead atoms. The highest BCUT2D eigenvalue weighted by Crippen LogP contribution is 2.03. The van der Waals surface area contributed by atoms with Crippen LogP contribution in [0.1, 0.15) is 6.42 Å². The van der Waals surface area contributed by atoms with Crippen LogP contribution in [-0.4, -0.2) is 42.4 Å². The van der Waals surface area contributed by atoms with Gasteiger partial charge in [-0.05, 0) is 13.0 Å². The summed E-state index contributed by atoms with van der Waals surface area (Å²) < 4.78 is 0. The summed E-state index contributed by atoms with van der Waals surface area (Å²) in [6, 6.07) is 0. The molecule has 15 heavy (non-hydrogen) atoms. The Morgan fingerprint density at radius 2 is 1.87 bits per heavy atom. The van der Waals surface area contributed by atoms with Gasteiger partial charge in [-0.3, -0.25) is 14.4 Å². The van der Waals surface area contributed by atoms with Crippen LogP contribution in [0.3, 0.4) is 0 Å². The highest BCUT2D eigenvalue weighted by Gasteiger charge is 2.24. The molecule has 0 aliphatic heterocycles. The van der Waals surface area contributed by atoms with Crippen molar-refractivity contribution in [2.45, 2.75) is 6.42 Å². The van der Waals surface area contributed by atoms with Crippen LogP contribution >= 0.6 is 0 Å². The molecule has 7 heteroatoms. The number of amides is 1. The summed E-state index contributed by atoms with van der Waals surface area (Å²) in [5, 5.41) is 10.9. The highest BCUT2D eigenvalue weighted by molar-refractivity contribution is 6.00. The van der Waals surface area contributed by atoms with Gasteiger partial charge in [0.2, 0.25) is 5.91 Å². The molecular formula is C8H15N3O4. The highest BCUT2D eigenvalue weighted by atomic mass is 16.4. The fraction of sp³-hybridized carbons (Fsp3) is 0.625. The Hall–Kier alpha value is -1.47. The van der Waals surface area contributed by atoms with Gasteiger partial charge in [-0.2, -0.15) is 0 Å². The van der Waals surface area contributed by atoms with Crippen molar-refractivity contribution >= 4 is 17.7 Å². The molecule has 0 aliphatic carbocycles. The number of carbonyl (C=O) groups is 3. The number of hydrogen-bond acceptors (Lipinski definition) is 5. The van der Waals surface area contributed by atoms with E-state index in [0.29, 0.717) is 0 Å². The molecule has 0 aromatic heterocycles. The molecule has 0 spiro atoms. The summed E-state index contributed by atoms with van der Waals surface area (Å²) in [7, 11) is 0. The number of nitrogens with two attached hydrogens (primary N) is 2.